The molecule has 7 heteroatoms. The average molecular weight is 425 g/mol. The molecule has 0 saturated carbocycles. The fourth-order valence-corrected chi connectivity index (χ4v) is 3.95. The van der Waals surface area contributed by atoms with E-state index in [2.05, 4.69) is 21.2 Å². The number of nitrogens with zero attached hydrogens (tertiary/aromatic N) is 1. The molecule has 2 rings (SSSR count). The lowest BCUT2D eigenvalue weighted by molar-refractivity contribution is -0.116. The largest absolute Gasteiger partial charge is 0.324 e. The van der Waals surface area contributed by atoms with Crippen molar-refractivity contribution in [3.63, 3.8) is 0 Å². The number of aryl methyl sites for hydroxylation is 2. The minimum Gasteiger partial charge on any atom is -0.324 e. The molecule has 1 amide bonds. The van der Waals surface area contributed by atoms with Gasteiger partial charge in [-0.15, -0.1) is 0 Å². The van der Waals surface area contributed by atoms with Gasteiger partial charge in [-0.3, -0.25) is 4.79 Å². The summed E-state index contributed by atoms with van der Waals surface area (Å²) in [5.74, 6) is -0.366. The van der Waals surface area contributed by atoms with Gasteiger partial charge in [0.15, 0.2) is 0 Å². The smallest absolute Gasteiger partial charge is 0.239 e. The molecule has 1 N–H and O–H groups in total. The number of carbonyl (C=O) groups is 1. The van der Waals surface area contributed by atoms with E-state index in [1.165, 1.54) is 4.31 Å². The first-order chi connectivity index (χ1) is 11.7. The van der Waals surface area contributed by atoms with Crippen LogP contribution in [0.5, 0.6) is 0 Å². The lowest BCUT2D eigenvalue weighted by Gasteiger charge is -2.20. The number of halogens is 1. The number of hydrogen-bond acceptors (Lipinski definition) is 3. The molecule has 5 nitrogen and oxygen atoms in total. The summed E-state index contributed by atoms with van der Waals surface area (Å²) in [7, 11) is -3.51. The van der Waals surface area contributed by atoms with Crippen LogP contribution in [0.2, 0.25) is 0 Å². The second kappa shape index (κ2) is 8.12. The van der Waals surface area contributed by atoms with E-state index in [0.717, 1.165) is 27.4 Å². The summed E-state index contributed by atoms with van der Waals surface area (Å²) in [6.07, 6.45) is 1.11. The standard InChI is InChI=1S/C18H21BrN2O3S/c1-13-9-16(19)10-14(2)18(13)20-17(22)12-21(25(3,23)24)11-15-7-5-4-6-8-15/h4-10H,11-12H2,1-3H3,(H,20,22). The van der Waals surface area contributed by atoms with E-state index in [4.69, 9.17) is 0 Å². The number of carbonyl (C=O) groups excluding carboxylic acids is 1. The lowest BCUT2D eigenvalue weighted by atomic mass is 10.1. The molecule has 0 bridgehead atoms. The SMILES string of the molecule is Cc1cc(Br)cc(C)c1NC(=O)CN(Cc1ccccc1)S(C)(=O)=O. The molecule has 0 atom stereocenters. The zero-order valence-corrected chi connectivity index (χ0v) is 16.8. The molecule has 0 aliphatic rings. The normalized spacial score (nSPS) is 11.6. The Hall–Kier alpha value is -1.70. The van der Waals surface area contributed by atoms with Crippen LogP contribution in [0.25, 0.3) is 0 Å². The van der Waals surface area contributed by atoms with E-state index in [-0.39, 0.29) is 19.0 Å². The van der Waals surface area contributed by atoms with Crippen LogP contribution >= 0.6 is 15.9 Å². The first-order valence-corrected chi connectivity index (χ1v) is 10.4. The highest BCUT2D eigenvalue weighted by molar-refractivity contribution is 9.10. The van der Waals surface area contributed by atoms with Gasteiger partial charge in [-0.25, -0.2) is 8.42 Å². The molecule has 25 heavy (non-hydrogen) atoms. The number of amides is 1. The number of benzene rings is 2. The van der Waals surface area contributed by atoms with Gasteiger partial charge in [0, 0.05) is 16.7 Å². The van der Waals surface area contributed by atoms with E-state index in [1.54, 1.807) is 0 Å². The summed E-state index contributed by atoms with van der Waals surface area (Å²) in [4.78, 5) is 12.4. The van der Waals surface area contributed by atoms with Crippen molar-refractivity contribution in [2.45, 2.75) is 20.4 Å². The van der Waals surface area contributed by atoms with Crippen LogP contribution in [-0.2, 0) is 21.4 Å². The van der Waals surface area contributed by atoms with Crippen LogP contribution in [-0.4, -0.2) is 31.4 Å². The van der Waals surface area contributed by atoms with Gasteiger partial charge in [-0.05, 0) is 42.7 Å². The molecule has 134 valence electrons. The summed E-state index contributed by atoms with van der Waals surface area (Å²) >= 11 is 3.42. The third-order valence-electron chi connectivity index (χ3n) is 3.75. The van der Waals surface area contributed by atoms with Crippen molar-refractivity contribution in [1.29, 1.82) is 0 Å². The summed E-state index contributed by atoms with van der Waals surface area (Å²) in [5.41, 5.74) is 3.36. The van der Waals surface area contributed by atoms with Crippen molar-refractivity contribution in [3.8, 4) is 0 Å². The van der Waals surface area contributed by atoms with E-state index in [9.17, 15) is 13.2 Å². The monoisotopic (exact) mass is 424 g/mol. The Morgan fingerprint density at radius 2 is 1.68 bits per heavy atom. The van der Waals surface area contributed by atoms with Gasteiger partial charge >= 0.3 is 0 Å². The molecule has 0 unspecified atom stereocenters. The molecule has 0 fully saturated rings. The predicted octanol–water partition coefficient (Wildman–Crippen LogP) is 3.47. The van der Waals surface area contributed by atoms with Crippen LogP contribution < -0.4 is 5.32 Å². The van der Waals surface area contributed by atoms with Gasteiger partial charge < -0.3 is 5.32 Å². The highest BCUT2D eigenvalue weighted by Crippen LogP contribution is 2.25. The van der Waals surface area contributed by atoms with Crippen LogP contribution in [0.3, 0.4) is 0 Å². The number of hydrogen-bond donors (Lipinski definition) is 1. The molecule has 0 radical (unpaired) electrons. The van der Waals surface area contributed by atoms with Gasteiger partial charge in [-0.2, -0.15) is 4.31 Å². The quantitative estimate of drug-likeness (QED) is 0.771. The maximum absolute atomic E-state index is 12.4. The molecule has 0 aliphatic carbocycles. The van der Waals surface area contributed by atoms with Crippen molar-refractivity contribution in [2.24, 2.45) is 0 Å². The van der Waals surface area contributed by atoms with Crippen LogP contribution in [0.15, 0.2) is 46.9 Å². The van der Waals surface area contributed by atoms with Crippen molar-refractivity contribution < 1.29 is 13.2 Å². The number of rotatable bonds is 6. The molecule has 0 aliphatic heterocycles. The fraction of sp³-hybridized carbons (Fsp3) is 0.278. The Labute approximate surface area is 157 Å². The van der Waals surface area contributed by atoms with Gasteiger partial charge in [0.05, 0.1) is 12.8 Å². The first kappa shape index (κ1) is 19.6. The van der Waals surface area contributed by atoms with Crippen LogP contribution in [0.4, 0.5) is 5.69 Å². The fourth-order valence-electron chi connectivity index (χ4n) is 2.52. The van der Waals surface area contributed by atoms with Crippen LogP contribution in [0.1, 0.15) is 16.7 Å². The minimum absolute atomic E-state index is 0.158. The van der Waals surface area contributed by atoms with Crippen LogP contribution in [0, 0.1) is 13.8 Å². The molecule has 0 heterocycles. The molecule has 0 aromatic heterocycles. The topological polar surface area (TPSA) is 66.5 Å². The third kappa shape index (κ3) is 5.66. The Kier molecular flexibility index (Phi) is 6.37. The van der Waals surface area contributed by atoms with Crippen molar-refractivity contribution in [3.05, 3.63) is 63.6 Å². The maximum atomic E-state index is 12.4. The van der Waals surface area contributed by atoms with E-state index >= 15 is 0 Å². The highest BCUT2D eigenvalue weighted by Gasteiger charge is 2.21. The highest BCUT2D eigenvalue weighted by atomic mass is 79.9. The van der Waals surface area contributed by atoms with E-state index in [1.807, 2.05) is 56.3 Å². The van der Waals surface area contributed by atoms with Gasteiger partial charge in [0.1, 0.15) is 0 Å². The molecular formula is C18H21BrN2O3S. The number of anilines is 1. The van der Waals surface area contributed by atoms with Gasteiger partial charge in [-0.1, -0.05) is 46.3 Å². The minimum atomic E-state index is -3.51. The predicted molar refractivity (Wildman–Crippen MR) is 104 cm³/mol. The Morgan fingerprint density at radius 3 is 2.20 bits per heavy atom. The Balaban J connectivity index is 2.15. The second-order valence-corrected chi connectivity index (χ2v) is 8.88. The first-order valence-electron chi connectivity index (χ1n) is 7.72. The molecule has 2 aromatic carbocycles. The molecule has 0 spiro atoms. The molecule has 2 aromatic rings. The van der Waals surface area contributed by atoms with E-state index < -0.39 is 10.0 Å². The average Bonchev–Trinajstić information content (AvgIpc) is 2.50. The Morgan fingerprint density at radius 1 is 1.12 bits per heavy atom. The zero-order valence-electron chi connectivity index (χ0n) is 14.4. The summed E-state index contributed by atoms with van der Waals surface area (Å²) < 4.78 is 26.2. The van der Waals surface area contributed by atoms with Crippen molar-refractivity contribution >= 4 is 37.5 Å². The van der Waals surface area contributed by atoms with Gasteiger partial charge in [0.2, 0.25) is 15.9 Å². The number of nitrogens with one attached hydrogen (secondary N) is 1. The Bertz CT molecular complexity index is 844. The summed E-state index contributed by atoms with van der Waals surface area (Å²) in [5, 5.41) is 2.83. The molecule has 0 saturated heterocycles. The molecular weight excluding hydrogens is 404 g/mol. The number of sulfonamides is 1. The third-order valence-corrected chi connectivity index (χ3v) is 5.41. The van der Waals surface area contributed by atoms with E-state index in [0.29, 0.717) is 5.69 Å². The summed E-state index contributed by atoms with van der Waals surface area (Å²) in [6, 6.07) is 13.0. The van der Waals surface area contributed by atoms with Gasteiger partial charge in [0.25, 0.3) is 0 Å². The van der Waals surface area contributed by atoms with Crippen molar-refractivity contribution in [1.82, 2.24) is 4.31 Å². The lowest BCUT2D eigenvalue weighted by Crippen LogP contribution is -2.37. The summed E-state index contributed by atoms with van der Waals surface area (Å²) in [6.45, 7) is 3.71. The zero-order chi connectivity index (χ0) is 18.6. The maximum Gasteiger partial charge on any atom is 0.239 e. The van der Waals surface area contributed by atoms with Crippen molar-refractivity contribution in [2.75, 3.05) is 18.1 Å². The second-order valence-electron chi connectivity index (χ2n) is 5.98.